The van der Waals surface area contributed by atoms with Gasteiger partial charge in [0.1, 0.15) is 0 Å². The Morgan fingerprint density at radius 2 is 2.17 bits per heavy atom. The van der Waals surface area contributed by atoms with Crippen molar-refractivity contribution < 1.29 is 4.28 Å². The molecule has 0 aromatic heterocycles. The third-order valence-corrected chi connectivity index (χ3v) is 0.707. The van der Waals surface area contributed by atoms with Crippen LogP contribution < -0.4 is 0 Å². The van der Waals surface area contributed by atoms with Crippen LogP contribution in [0.1, 0.15) is 24.0 Å². The van der Waals surface area contributed by atoms with Gasteiger partial charge < -0.3 is 4.28 Å². The molecule has 6 heavy (non-hydrogen) atoms. The monoisotopic (exact) mass is 94.1 g/mol. The molecule has 0 saturated carbocycles. The number of unbranched alkanes of at least 4 members (excludes halogenated alkanes) is 1. The fraction of sp³-hybridized carbons (Fsp3) is 1.00. The molecule has 0 amide bonds. The summed E-state index contributed by atoms with van der Waals surface area (Å²) in [5.41, 5.74) is 0. The van der Waals surface area contributed by atoms with Crippen molar-refractivity contribution in [3.8, 4) is 0 Å². The van der Waals surface area contributed by atoms with Crippen LogP contribution in [-0.4, -0.2) is 35.1 Å². The normalized spacial score (nSPS) is 7.17. The van der Waals surface area contributed by atoms with Crippen molar-refractivity contribution in [3.05, 3.63) is 0 Å². The van der Waals surface area contributed by atoms with Gasteiger partial charge in [0.05, 0.1) is 0 Å². The van der Waals surface area contributed by atoms with Crippen molar-refractivity contribution in [3.63, 3.8) is 0 Å². The molecule has 0 fully saturated rings. The zero-order chi connectivity index (χ0) is 4.12. The predicted molar refractivity (Wildman–Crippen MR) is 34.6 cm³/mol. The molecule has 32 valence electrons. The Hall–Kier alpha value is 1.13. The second-order valence-electron chi connectivity index (χ2n) is 1.35. The predicted octanol–water partition coefficient (Wildman–Crippen LogP) is 1.33. The molecule has 0 unspecified atom stereocenters. The van der Waals surface area contributed by atoms with Crippen LogP contribution >= 0.6 is 0 Å². The molecular weight excluding hydrogens is 82.0 g/mol. The summed E-state index contributed by atoms with van der Waals surface area (Å²) in [6.07, 6.45) is 2.73. The Morgan fingerprint density at radius 3 is 2.17 bits per heavy atom. The van der Waals surface area contributed by atoms with Gasteiger partial charge in [-0.2, -0.15) is 0 Å². The van der Waals surface area contributed by atoms with E-state index < -0.39 is 0 Å². The molecule has 0 rings (SSSR count). The average Bonchev–Trinajstić information content (AvgIpc) is 1.41. The average molecular weight is 94.1 g/mol. The van der Waals surface area contributed by atoms with Crippen molar-refractivity contribution in [1.29, 1.82) is 0 Å². The van der Waals surface area contributed by atoms with Crippen LogP contribution in [0.3, 0.4) is 0 Å². The molecule has 0 aliphatic rings. The summed E-state index contributed by atoms with van der Waals surface area (Å²) in [6.45, 7) is 2.21. The first kappa shape index (κ1) is 10.2. The van der Waals surface area contributed by atoms with Crippen molar-refractivity contribution in [2.75, 3.05) is 0 Å². The van der Waals surface area contributed by atoms with E-state index in [2.05, 4.69) is 24.6 Å². The second-order valence-corrected chi connectivity index (χ2v) is 1.35. The molecular formula is C4H12AlLi. The Kier molecular flexibility index (Phi) is 16.0. The van der Waals surface area contributed by atoms with Crippen LogP contribution in [0, 0.1) is 0 Å². The third kappa shape index (κ3) is 8.93. The van der Waals surface area contributed by atoms with Crippen molar-refractivity contribution in [1.82, 2.24) is 0 Å². The summed E-state index contributed by atoms with van der Waals surface area (Å²) in [5.74, 6) is 0. The second kappa shape index (κ2) is 9.46. The van der Waals surface area contributed by atoms with Crippen LogP contribution in [0.15, 0.2) is 0 Å². The molecule has 0 aromatic rings. The summed E-state index contributed by atoms with van der Waals surface area (Å²) in [5, 5.41) is 1.34. The zero-order valence-electron chi connectivity index (χ0n) is 7.70. The molecule has 0 bridgehead atoms. The zero-order valence-corrected chi connectivity index (χ0v) is 5.85. The first-order chi connectivity index (χ1) is 2.41. The Morgan fingerprint density at radius 1 is 1.67 bits per heavy atom. The molecule has 0 spiro atoms. The van der Waals surface area contributed by atoms with Gasteiger partial charge in [-0.1, -0.05) is 0 Å². The quantitative estimate of drug-likeness (QED) is 0.453. The maximum atomic E-state index is 2.21. The summed E-state index contributed by atoms with van der Waals surface area (Å²) in [7, 11) is 0. The molecule has 0 atom stereocenters. The van der Waals surface area contributed by atoms with Gasteiger partial charge in [0.25, 0.3) is 0 Å². The van der Waals surface area contributed by atoms with Crippen LogP contribution in [0.2, 0.25) is 5.09 Å². The van der Waals surface area contributed by atoms with Crippen molar-refractivity contribution >= 4 is 35.1 Å². The van der Waals surface area contributed by atoms with Crippen molar-refractivity contribution in [2.45, 2.75) is 24.9 Å². The van der Waals surface area contributed by atoms with Crippen LogP contribution in [0.25, 0.3) is 0 Å². The number of hydrogen-bond donors (Lipinski definition) is 0. The van der Waals surface area contributed by atoms with E-state index in [9.17, 15) is 0 Å². The molecule has 0 radical (unpaired) electrons. The molecule has 0 heterocycles. The fourth-order valence-corrected chi connectivity index (χ4v) is 0.354. The molecule has 0 aromatic carbocycles. The Bertz CT molecular complexity index is 23.3. The van der Waals surface area contributed by atoms with E-state index in [0.29, 0.717) is 0 Å². The minimum absolute atomic E-state index is 0. The van der Waals surface area contributed by atoms with Crippen LogP contribution in [-0.2, 0) is 0 Å². The number of rotatable bonds is 2. The fourth-order valence-electron chi connectivity index (χ4n) is 0.354. The van der Waals surface area contributed by atoms with Gasteiger partial charge in [-0.15, -0.1) is 0 Å². The first-order valence-electron chi connectivity index (χ1n) is 2.41. The third-order valence-electron chi connectivity index (χ3n) is 0.707. The van der Waals surface area contributed by atoms with E-state index in [1.807, 2.05) is 0 Å². The topological polar surface area (TPSA) is 0 Å². The van der Waals surface area contributed by atoms with E-state index in [0.717, 1.165) is 0 Å². The SMILES string of the molecule is [Al+3].[H-].[H-].[H-].[Li][CH2]CCC. The van der Waals surface area contributed by atoms with Gasteiger partial charge in [-0.3, -0.25) is 0 Å². The molecule has 0 N–H and O–H groups in total. The van der Waals surface area contributed by atoms with Gasteiger partial charge >= 0.3 is 59.9 Å². The van der Waals surface area contributed by atoms with E-state index >= 15 is 0 Å². The van der Waals surface area contributed by atoms with Gasteiger partial charge in [-0.05, 0) is 0 Å². The standard InChI is InChI=1S/C4H9.Al.Li.3H/c1-3-4-2;;;;;/h1,3-4H2,2H3;;;;;/q;+3;;3*-1. The molecule has 0 aliphatic heterocycles. The maximum absolute atomic E-state index is 2.21. The van der Waals surface area contributed by atoms with Gasteiger partial charge in [0.2, 0.25) is 0 Å². The van der Waals surface area contributed by atoms with E-state index in [4.69, 9.17) is 0 Å². The van der Waals surface area contributed by atoms with Crippen LogP contribution in [0.5, 0.6) is 0 Å². The molecule has 2 heteroatoms. The molecule has 0 nitrogen and oxygen atoms in total. The molecule has 0 aliphatic carbocycles. The summed E-state index contributed by atoms with van der Waals surface area (Å²) in [6, 6.07) is 0. The van der Waals surface area contributed by atoms with Crippen LogP contribution in [0.4, 0.5) is 0 Å². The van der Waals surface area contributed by atoms with Gasteiger partial charge in [0, 0.05) is 0 Å². The molecule has 0 saturated heterocycles. The summed E-state index contributed by atoms with van der Waals surface area (Å²) < 4.78 is 0. The van der Waals surface area contributed by atoms with Crippen molar-refractivity contribution in [2.24, 2.45) is 0 Å². The Balaban J connectivity index is -0.0000000133. The number of hydrogen-bond acceptors (Lipinski definition) is 0. The Labute approximate surface area is 64.5 Å². The summed E-state index contributed by atoms with van der Waals surface area (Å²) >= 11 is 2.21. The van der Waals surface area contributed by atoms with Gasteiger partial charge in [0.15, 0.2) is 0 Å². The van der Waals surface area contributed by atoms with Gasteiger partial charge in [-0.25, -0.2) is 0 Å². The van der Waals surface area contributed by atoms with E-state index in [1.54, 1.807) is 0 Å². The van der Waals surface area contributed by atoms with E-state index in [-0.39, 0.29) is 21.6 Å². The van der Waals surface area contributed by atoms with E-state index in [1.165, 1.54) is 17.9 Å². The summed E-state index contributed by atoms with van der Waals surface area (Å²) in [4.78, 5) is 0. The first-order valence-corrected chi connectivity index (χ1v) is 2.41. The minimum atomic E-state index is 0.